The van der Waals surface area contributed by atoms with Gasteiger partial charge in [0.05, 0.1) is 0 Å². The van der Waals surface area contributed by atoms with Crippen molar-refractivity contribution in [3.8, 4) is 0 Å². The molecule has 3 N–H and O–H groups in total. The van der Waals surface area contributed by atoms with Crippen LogP contribution in [0.3, 0.4) is 0 Å². The van der Waals surface area contributed by atoms with E-state index in [4.69, 9.17) is 5.73 Å². The largest absolute Gasteiger partial charge is 0.330 e. The van der Waals surface area contributed by atoms with Crippen molar-refractivity contribution in [3.05, 3.63) is 35.9 Å². The van der Waals surface area contributed by atoms with Crippen LogP contribution in [-0.4, -0.2) is 19.6 Å². The summed E-state index contributed by atoms with van der Waals surface area (Å²) in [6.45, 7) is 4.98. The smallest absolute Gasteiger partial charge is 0.000823 e. The van der Waals surface area contributed by atoms with E-state index in [0.717, 1.165) is 26.1 Å². The molecular weight excluding hydrogens is 172 g/mol. The minimum atomic E-state index is 0.575. The Morgan fingerprint density at radius 2 is 2.00 bits per heavy atom. The Morgan fingerprint density at radius 1 is 1.29 bits per heavy atom. The van der Waals surface area contributed by atoms with Gasteiger partial charge in [-0.1, -0.05) is 37.3 Å². The van der Waals surface area contributed by atoms with Crippen molar-refractivity contribution in [3.63, 3.8) is 0 Å². The second-order valence-corrected chi connectivity index (χ2v) is 3.78. The fraction of sp³-hybridized carbons (Fsp3) is 0.500. The summed E-state index contributed by atoms with van der Waals surface area (Å²) < 4.78 is 0. The minimum Gasteiger partial charge on any atom is -0.330 e. The molecule has 1 rings (SSSR count). The van der Waals surface area contributed by atoms with Gasteiger partial charge in [-0.15, -0.1) is 0 Å². The predicted molar refractivity (Wildman–Crippen MR) is 61.2 cm³/mol. The average molecular weight is 192 g/mol. The van der Waals surface area contributed by atoms with Crippen molar-refractivity contribution in [1.82, 2.24) is 5.32 Å². The highest BCUT2D eigenvalue weighted by Gasteiger charge is 1.97. The van der Waals surface area contributed by atoms with E-state index < -0.39 is 0 Å². The Hall–Kier alpha value is -0.860. The number of nitrogens with two attached hydrogens (primary N) is 1. The first kappa shape index (κ1) is 11.2. The molecule has 0 heterocycles. The fourth-order valence-electron chi connectivity index (χ4n) is 1.31. The second kappa shape index (κ2) is 6.57. The van der Waals surface area contributed by atoms with Gasteiger partial charge >= 0.3 is 0 Å². The third-order valence-electron chi connectivity index (χ3n) is 2.33. The highest BCUT2D eigenvalue weighted by atomic mass is 14.9. The third-order valence-corrected chi connectivity index (χ3v) is 2.33. The van der Waals surface area contributed by atoms with Crippen LogP contribution in [0.1, 0.15) is 12.5 Å². The molecule has 1 atom stereocenters. The van der Waals surface area contributed by atoms with Crippen LogP contribution in [0.25, 0.3) is 0 Å². The second-order valence-electron chi connectivity index (χ2n) is 3.78. The molecule has 78 valence electrons. The number of hydrogen-bond donors (Lipinski definition) is 2. The van der Waals surface area contributed by atoms with Gasteiger partial charge in [0.1, 0.15) is 0 Å². The number of hydrogen-bond acceptors (Lipinski definition) is 2. The number of rotatable bonds is 6. The molecule has 0 aliphatic heterocycles. The Labute approximate surface area is 86.5 Å². The first-order valence-electron chi connectivity index (χ1n) is 5.27. The summed E-state index contributed by atoms with van der Waals surface area (Å²) in [5, 5.41) is 3.40. The van der Waals surface area contributed by atoms with Crippen LogP contribution in [0.4, 0.5) is 0 Å². The molecule has 0 spiro atoms. The zero-order valence-electron chi connectivity index (χ0n) is 8.87. The van der Waals surface area contributed by atoms with Gasteiger partial charge in [-0.2, -0.15) is 0 Å². The Bertz CT molecular complexity index is 233. The molecule has 0 saturated heterocycles. The van der Waals surface area contributed by atoms with Crippen molar-refractivity contribution in [2.45, 2.75) is 13.3 Å². The van der Waals surface area contributed by atoms with Crippen LogP contribution in [0.5, 0.6) is 0 Å². The van der Waals surface area contributed by atoms with Crippen molar-refractivity contribution < 1.29 is 0 Å². The maximum Gasteiger partial charge on any atom is -0.000823 e. The monoisotopic (exact) mass is 192 g/mol. The minimum absolute atomic E-state index is 0.575. The first-order chi connectivity index (χ1) is 6.83. The van der Waals surface area contributed by atoms with E-state index in [1.54, 1.807) is 0 Å². The SMILES string of the molecule is CC(CN)CNCCc1ccccc1. The first-order valence-corrected chi connectivity index (χ1v) is 5.27. The molecule has 0 aliphatic rings. The maximum atomic E-state index is 5.53. The number of benzene rings is 1. The molecule has 2 heteroatoms. The Kier molecular flexibility index (Phi) is 5.27. The summed E-state index contributed by atoms with van der Waals surface area (Å²) in [6.07, 6.45) is 1.10. The van der Waals surface area contributed by atoms with Crippen LogP contribution in [0.2, 0.25) is 0 Å². The van der Waals surface area contributed by atoms with Gasteiger partial charge in [0, 0.05) is 0 Å². The number of nitrogens with one attached hydrogen (secondary N) is 1. The lowest BCUT2D eigenvalue weighted by Crippen LogP contribution is -2.27. The summed E-state index contributed by atoms with van der Waals surface area (Å²) in [4.78, 5) is 0. The van der Waals surface area contributed by atoms with E-state index in [9.17, 15) is 0 Å². The summed E-state index contributed by atoms with van der Waals surface area (Å²) in [6, 6.07) is 10.5. The van der Waals surface area contributed by atoms with Gasteiger partial charge in [-0.25, -0.2) is 0 Å². The molecule has 1 aromatic carbocycles. The van der Waals surface area contributed by atoms with Gasteiger partial charge < -0.3 is 11.1 Å². The molecule has 1 aromatic rings. The molecule has 0 fully saturated rings. The van der Waals surface area contributed by atoms with Crippen LogP contribution >= 0.6 is 0 Å². The van der Waals surface area contributed by atoms with E-state index in [2.05, 4.69) is 36.5 Å². The van der Waals surface area contributed by atoms with Crippen LogP contribution in [0.15, 0.2) is 30.3 Å². The van der Waals surface area contributed by atoms with Crippen molar-refractivity contribution in [1.29, 1.82) is 0 Å². The van der Waals surface area contributed by atoms with E-state index >= 15 is 0 Å². The normalized spacial score (nSPS) is 12.7. The maximum absolute atomic E-state index is 5.53. The molecule has 0 bridgehead atoms. The lowest BCUT2D eigenvalue weighted by atomic mass is 10.1. The molecule has 14 heavy (non-hydrogen) atoms. The zero-order chi connectivity index (χ0) is 10.2. The highest BCUT2D eigenvalue weighted by Crippen LogP contribution is 1.98. The topological polar surface area (TPSA) is 38.0 Å². The van der Waals surface area contributed by atoms with Crippen LogP contribution in [0, 0.1) is 5.92 Å². The van der Waals surface area contributed by atoms with Crippen LogP contribution in [-0.2, 0) is 6.42 Å². The van der Waals surface area contributed by atoms with Gasteiger partial charge in [0.15, 0.2) is 0 Å². The molecule has 0 amide bonds. The van der Waals surface area contributed by atoms with Gasteiger partial charge in [0.2, 0.25) is 0 Å². The zero-order valence-corrected chi connectivity index (χ0v) is 8.87. The molecule has 1 unspecified atom stereocenters. The highest BCUT2D eigenvalue weighted by molar-refractivity contribution is 5.14. The molecule has 2 nitrogen and oxygen atoms in total. The average Bonchev–Trinajstić information content (AvgIpc) is 2.25. The van der Waals surface area contributed by atoms with Crippen molar-refractivity contribution in [2.24, 2.45) is 11.7 Å². The molecule has 0 aromatic heterocycles. The summed E-state index contributed by atoms with van der Waals surface area (Å²) in [5.74, 6) is 0.575. The summed E-state index contributed by atoms with van der Waals surface area (Å²) in [7, 11) is 0. The summed E-state index contributed by atoms with van der Waals surface area (Å²) >= 11 is 0. The lowest BCUT2D eigenvalue weighted by Gasteiger charge is -2.09. The van der Waals surface area contributed by atoms with E-state index in [1.165, 1.54) is 5.56 Å². The lowest BCUT2D eigenvalue weighted by molar-refractivity contribution is 0.524. The Balaban J connectivity index is 2.10. The quantitative estimate of drug-likeness (QED) is 0.669. The van der Waals surface area contributed by atoms with E-state index in [-0.39, 0.29) is 0 Å². The standard InChI is InChI=1S/C12H20N2/c1-11(9-13)10-14-8-7-12-5-3-2-4-6-12/h2-6,11,14H,7-10,13H2,1H3. The fourth-order valence-corrected chi connectivity index (χ4v) is 1.31. The van der Waals surface area contributed by atoms with Gasteiger partial charge in [-0.05, 0) is 37.5 Å². The van der Waals surface area contributed by atoms with Crippen molar-refractivity contribution >= 4 is 0 Å². The molecular formula is C12H20N2. The van der Waals surface area contributed by atoms with Gasteiger partial charge in [-0.3, -0.25) is 0 Å². The predicted octanol–water partition coefficient (Wildman–Crippen LogP) is 1.41. The molecule has 0 saturated carbocycles. The van der Waals surface area contributed by atoms with E-state index in [0.29, 0.717) is 5.92 Å². The Morgan fingerprint density at radius 3 is 2.64 bits per heavy atom. The van der Waals surface area contributed by atoms with Crippen LogP contribution < -0.4 is 11.1 Å². The van der Waals surface area contributed by atoms with Crippen molar-refractivity contribution in [2.75, 3.05) is 19.6 Å². The molecule has 0 aliphatic carbocycles. The third kappa shape index (κ3) is 4.40. The molecule has 0 radical (unpaired) electrons. The van der Waals surface area contributed by atoms with E-state index in [1.807, 2.05) is 6.07 Å². The summed E-state index contributed by atoms with van der Waals surface area (Å²) in [5.41, 5.74) is 6.91. The van der Waals surface area contributed by atoms with Gasteiger partial charge in [0.25, 0.3) is 0 Å².